The Bertz CT molecular complexity index is 534. The largest absolute Gasteiger partial charge is 0.254 e. The van der Waals surface area contributed by atoms with Gasteiger partial charge in [0, 0.05) is 9.37 Å². The number of halogens is 1. The number of rotatable bonds is 3. The van der Waals surface area contributed by atoms with Crippen molar-refractivity contribution in [3.8, 4) is 0 Å². The third-order valence-corrected chi connectivity index (χ3v) is 4.38. The molecule has 1 atom stereocenters. The van der Waals surface area contributed by atoms with Crippen molar-refractivity contribution in [1.29, 1.82) is 0 Å². The molecule has 0 bridgehead atoms. The summed E-state index contributed by atoms with van der Waals surface area (Å²) in [6, 6.07) is 15.8. The second-order valence-corrected chi connectivity index (χ2v) is 6.30. The van der Waals surface area contributed by atoms with E-state index in [0.29, 0.717) is 5.75 Å². The molecule has 0 aliphatic carbocycles. The summed E-state index contributed by atoms with van der Waals surface area (Å²) in [5, 5.41) is 0. The van der Waals surface area contributed by atoms with Crippen molar-refractivity contribution in [2.75, 3.05) is 0 Å². The molecule has 17 heavy (non-hydrogen) atoms. The molecular formula is C14H13BrOS. The van der Waals surface area contributed by atoms with Gasteiger partial charge < -0.3 is 0 Å². The predicted molar refractivity (Wildman–Crippen MR) is 75.4 cm³/mol. The van der Waals surface area contributed by atoms with Gasteiger partial charge in [0.1, 0.15) is 0 Å². The van der Waals surface area contributed by atoms with Gasteiger partial charge in [-0.05, 0) is 36.8 Å². The molecule has 88 valence electrons. The summed E-state index contributed by atoms with van der Waals surface area (Å²) in [5.74, 6) is 0.573. The topological polar surface area (TPSA) is 17.1 Å². The van der Waals surface area contributed by atoms with Gasteiger partial charge in [-0.1, -0.05) is 45.8 Å². The lowest BCUT2D eigenvalue weighted by Crippen LogP contribution is -1.96. The summed E-state index contributed by atoms with van der Waals surface area (Å²) in [7, 11) is -0.972. The van der Waals surface area contributed by atoms with Crippen molar-refractivity contribution < 1.29 is 4.21 Å². The highest BCUT2D eigenvalue weighted by Gasteiger charge is 2.05. The number of hydrogen-bond donors (Lipinski definition) is 0. The maximum absolute atomic E-state index is 12.1. The minimum atomic E-state index is -0.972. The first-order valence-electron chi connectivity index (χ1n) is 5.34. The van der Waals surface area contributed by atoms with E-state index in [4.69, 9.17) is 0 Å². The van der Waals surface area contributed by atoms with Crippen LogP contribution < -0.4 is 0 Å². The van der Waals surface area contributed by atoms with Crippen molar-refractivity contribution >= 4 is 26.7 Å². The van der Waals surface area contributed by atoms with Crippen LogP contribution in [0.3, 0.4) is 0 Å². The molecule has 0 saturated carbocycles. The summed E-state index contributed by atoms with van der Waals surface area (Å²) >= 11 is 3.37. The average molecular weight is 309 g/mol. The van der Waals surface area contributed by atoms with Crippen molar-refractivity contribution in [2.45, 2.75) is 17.6 Å². The van der Waals surface area contributed by atoms with E-state index in [2.05, 4.69) is 22.0 Å². The molecule has 0 aliphatic heterocycles. The normalized spacial score (nSPS) is 12.4. The van der Waals surface area contributed by atoms with Crippen molar-refractivity contribution in [2.24, 2.45) is 0 Å². The maximum Gasteiger partial charge on any atom is 0.0574 e. The van der Waals surface area contributed by atoms with E-state index < -0.39 is 10.8 Å². The third kappa shape index (κ3) is 3.51. The number of aryl methyl sites for hydroxylation is 1. The Balaban J connectivity index is 2.14. The predicted octanol–water partition coefficient (Wildman–Crippen LogP) is 4.07. The molecule has 0 radical (unpaired) electrons. The van der Waals surface area contributed by atoms with E-state index in [1.54, 1.807) is 0 Å². The molecular weight excluding hydrogens is 296 g/mol. The van der Waals surface area contributed by atoms with E-state index in [-0.39, 0.29) is 0 Å². The van der Waals surface area contributed by atoms with Gasteiger partial charge in [0.2, 0.25) is 0 Å². The van der Waals surface area contributed by atoms with Gasteiger partial charge in [0.25, 0.3) is 0 Å². The van der Waals surface area contributed by atoms with Gasteiger partial charge >= 0.3 is 0 Å². The first-order valence-corrected chi connectivity index (χ1v) is 7.46. The molecule has 0 heterocycles. The number of hydrogen-bond acceptors (Lipinski definition) is 1. The molecule has 2 aromatic rings. The Morgan fingerprint density at radius 2 is 1.82 bits per heavy atom. The summed E-state index contributed by atoms with van der Waals surface area (Å²) in [4.78, 5) is 0.870. The zero-order valence-corrected chi connectivity index (χ0v) is 11.9. The molecule has 1 unspecified atom stereocenters. The lowest BCUT2D eigenvalue weighted by molar-refractivity contribution is 0.682. The zero-order valence-electron chi connectivity index (χ0n) is 9.52. The van der Waals surface area contributed by atoms with E-state index in [1.807, 2.05) is 49.4 Å². The quantitative estimate of drug-likeness (QED) is 0.835. The maximum atomic E-state index is 12.1. The van der Waals surface area contributed by atoms with Gasteiger partial charge in [-0.3, -0.25) is 4.21 Å². The first-order chi connectivity index (χ1) is 8.15. The van der Waals surface area contributed by atoms with Gasteiger partial charge in [0.05, 0.1) is 16.6 Å². The highest BCUT2D eigenvalue weighted by atomic mass is 79.9. The second-order valence-electron chi connectivity index (χ2n) is 3.93. The molecule has 1 nitrogen and oxygen atoms in total. The molecule has 0 aliphatic rings. The highest BCUT2D eigenvalue weighted by Crippen LogP contribution is 2.16. The Kier molecular flexibility index (Phi) is 4.13. The SMILES string of the molecule is Cc1cccc(CS(=O)c2ccc(Br)cc2)c1. The summed E-state index contributed by atoms with van der Waals surface area (Å²) < 4.78 is 13.1. The van der Waals surface area contributed by atoms with Crippen molar-refractivity contribution in [1.82, 2.24) is 0 Å². The molecule has 0 amide bonds. The molecule has 0 fully saturated rings. The Morgan fingerprint density at radius 3 is 2.47 bits per heavy atom. The molecule has 0 spiro atoms. The van der Waals surface area contributed by atoms with E-state index in [1.165, 1.54) is 5.56 Å². The van der Waals surface area contributed by atoms with Crippen LogP contribution in [0.2, 0.25) is 0 Å². The smallest absolute Gasteiger partial charge is 0.0574 e. The van der Waals surface area contributed by atoms with Crippen LogP contribution in [0.15, 0.2) is 57.9 Å². The summed E-state index contributed by atoms with van der Waals surface area (Å²) in [6.07, 6.45) is 0. The van der Waals surface area contributed by atoms with Crippen LogP contribution >= 0.6 is 15.9 Å². The molecule has 2 aromatic carbocycles. The minimum absolute atomic E-state index is 0.573. The van der Waals surface area contributed by atoms with Gasteiger partial charge in [0.15, 0.2) is 0 Å². The number of benzene rings is 2. The average Bonchev–Trinajstić information content (AvgIpc) is 2.29. The monoisotopic (exact) mass is 308 g/mol. The fraction of sp³-hybridized carbons (Fsp3) is 0.143. The molecule has 0 N–H and O–H groups in total. The Labute approximate surface area is 112 Å². The minimum Gasteiger partial charge on any atom is -0.254 e. The van der Waals surface area contributed by atoms with E-state index in [9.17, 15) is 4.21 Å². The zero-order chi connectivity index (χ0) is 12.3. The van der Waals surface area contributed by atoms with Crippen LogP contribution in [-0.4, -0.2) is 4.21 Å². The molecule has 3 heteroatoms. The third-order valence-electron chi connectivity index (χ3n) is 2.46. The molecule has 0 aromatic heterocycles. The fourth-order valence-corrected chi connectivity index (χ4v) is 2.98. The van der Waals surface area contributed by atoms with Crippen LogP contribution in [-0.2, 0) is 16.6 Å². The first kappa shape index (κ1) is 12.5. The summed E-state index contributed by atoms with van der Waals surface area (Å²) in [5.41, 5.74) is 2.32. The van der Waals surface area contributed by atoms with E-state index in [0.717, 1.165) is 14.9 Å². The van der Waals surface area contributed by atoms with Crippen LogP contribution in [0.25, 0.3) is 0 Å². The molecule has 2 rings (SSSR count). The second kappa shape index (κ2) is 5.61. The van der Waals surface area contributed by atoms with Crippen LogP contribution in [0.1, 0.15) is 11.1 Å². The van der Waals surface area contributed by atoms with Gasteiger partial charge in [-0.25, -0.2) is 0 Å². The van der Waals surface area contributed by atoms with Crippen molar-refractivity contribution in [3.63, 3.8) is 0 Å². The standard InChI is InChI=1S/C14H13BrOS/c1-11-3-2-4-12(9-11)10-17(16)14-7-5-13(15)6-8-14/h2-9H,10H2,1H3. The van der Waals surface area contributed by atoms with Crippen LogP contribution in [0.5, 0.6) is 0 Å². The highest BCUT2D eigenvalue weighted by molar-refractivity contribution is 9.10. The van der Waals surface area contributed by atoms with Gasteiger partial charge in [-0.15, -0.1) is 0 Å². The Morgan fingerprint density at radius 1 is 1.12 bits per heavy atom. The van der Waals surface area contributed by atoms with E-state index >= 15 is 0 Å². The van der Waals surface area contributed by atoms with Crippen LogP contribution in [0.4, 0.5) is 0 Å². The van der Waals surface area contributed by atoms with Gasteiger partial charge in [-0.2, -0.15) is 0 Å². The molecule has 0 saturated heterocycles. The lowest BCUT2D eigenvalue weighted by Gasteiger charge is -2.04. The Hall–Kier alpha value is -0.930. The van der Waals surface area contributed by atoms with Crippen LogP contribution in [0, 0.1) is 6.92 Å². The fourth-order valence-electron chi connectivity index (χ4n) is 1.62. The summed E-state index contributed by atoms with van der Waals surface area (Å²) in [6.45, 7) is 2.05. The lowest BCUT2D eigenvalue weighted by atomic mass is 10.2. The van der Waals surface area contributed by atoms with Crippen molar-refractivity contribution in [3.05, 3.63) is 64.1 Å².